The van der Waals surface area contributed by atoms with Crippen molar-refractivity contribution in [1.82, 2.24) is 0 Å². The van der Waals surface area contributed by atoms with Crippen LogP contribution in [-0.4, -0.2) is 5.78 Å². The van der Waals surface area contributed by atoms with Gasteiger partial charge in [-0.3, -0.25) is 4.79 Å². The molecule has 1 aliphatic carbocycles. The first-order chi connectivity index (χ1) is 6.19. The molecule has 0 bridgehead atoms. The second kappa shape index (κ2) is 4.78. The number of rotatable bonds is 5. The molecule has 0 aromatic rings. The van der Waals surface area contributed by atoms with Gasteiger partial charge in [-0.1, -0.05) is 39.5 Å². The lowest BCUT2D eigenvalue weighted by Crippen LogP contribution is -2.23. The van der Waals surface area contributed by atoms with Crippen LogP contribution in [0, 0.1) is 5.41 Å². The second-order valence-electron chi connectivity index (χ2n) is 4.65. The minimum Gasteiger partial charge on any atom is -0.299 e. The molecular weight excluding hydrogens is 160 g/mol. The minimum atomic E-state index is 0.0632. The van der Waals surface area contributed by atoms with Gasteiger partial charge in [-0.2, -0.15) is 0 Å². The molecule has 0 spiro atoms. The molecule has 1 heteroatoms. The number of carbonyl (C=O) groups excluding carboxylic acids is 1. The van der Waals surface area contributed by atoms with Crippen LogP contribution in [0.1, 0.15) is 65.2 Å². The van der Waals surface area contributed by atoms with Crippen LogP contribution in [0.5, 0.6) is 0 Å². The largest absolute Gasteiger partial charge is 0.299 e. The van der Waals surface area contributed by atoms with E-state index in [0.29, 0.717) is 5.78 Å². The predicted octanol–water partition coefficient (Wildman–Crippen LogP) is 3.72. The Balaban J connectivity index is 2.29. The van der Waals surface area contributed by atoms with Gasteiger partial charge in [0, 0.05) is 11.8 Å². The summed E-state index contributed by atoms with van der Waals surface area (Å²) in [6.07, 6.45) is 9.14. The van der Waals surface area contributed by atoms with Crippen LogP contribution in [-0.2, 0) is 4.79 Å². The Morgan fingerprint density at radius 2 is 1.85 bits per heavy atom. The van der Waals surface area contributed by atoms with Gasteiger partial charge in [-0.15, -0.1) is 0 Å². The fourth-order valence-electron chi connectivity index (χ4n) is 2.27. The zero-order chi connectivity index (χ0) is 9.73. The van der Waals surface area contributed by atoms with E-state index in [1.54, 1.807) is 0 Å². The fourth-order valence-corrected chi connectivity index (χ4v) is 2.27. The highest BCUT2D eigenvalue weighted by molar-refractivity contribution is 5.84. The van der Waals surface area contributed by atoms with E-state index >= 15 is 0 Å². The average Bonchev–Trinajstić information content (AvgIpc) is 2.54. The molecule has 0 unspecified atom stereocenters. The molecule has 0 aromatic carbocycles. The minimum absolute atomic E-state index is 0.0632. The van der Waals surface area contributed by atoms with E-state index < -0.39 is 0 Å². The molecule has 1 saturated carbocycles. The molecule has 1 aliphatic rings. The van der Waals surface area contributed by atoms with Crippen molar-refractivity contribution in [3.8, 4) is 0 Å². The zero-order valence-electron chi connectivity index (χ0n) is 9.07. The highest BCUT2D eigenvalue weighted by Gasteiger charge is 2.34. The summed E-state index contributed by atoms with van der Waals surface area (Å²) in [6.45, 7) is 4.34. The van der Waals surface area contributed by atoms with Gasteiger partial charge < -0.3 is 0 Å². The maximum absolute atomic E-state index is 11.8. The van der Waals surface area contributed by atoms with Crippen molar-refractivity contribution in [3.63, 3.8) is 0 Å². The number of carbonyl (C=O) groups is 1. The van der Waals surface area contributed by atoms with E-state index in [0.717, 1.165) is 25.7 Å². The lowest BCUT2D eigenvalue weighted by molar-refractivity contribution is -0.127. The molecular formula is C12H22O. The monoisotopic (exact) mass is 182 g/mol. The Kier molecular flexibility index (Phi) is 3.95. The number of hydrogen-bond donors (Lipinski definition) is 0. The highest BCUT2D eigenvalue weighted by atomic mass is 16.1. The zero-order valence-corrected chi connectivity index (χ0v) is 9.07. The van der Waals surface area contributed by atoms with E-state index in [-0.39, 0.29) is 5.41 Å². The van der Waals surface area contributed by atoms with Crippen molar-refractivity contribution in [2.45, 2.75) is 65.2 Å². The van der Waals surface area contributed by atoms with Gasteiger partial charge in [0.1, 0.15) is 5.78 Å². The summed E-state index contributed by atoms with van der Waals surface area (Å²) in [6, 6.07) is 0. The quantitative estimate of drug-likeness (QED) is 0.592. The second-order valence-corrected chi connectivity index (χ2v) is 4.65. The van der Waals surface area contributed by atoms with Crippen LogP contribution < -0.4 is 0 Å². The molecule has 0 radical (unpaired) electrons. The van der Waals surface area contributed by atoms with E-state index in [1.165, 1.54) is 25.7 Å². The third kappa shape index (κ3) is 2.82. The van der Waals surface area contributed by atoms with Crippen molar-refractivity contribution < 1.29 is 4.79 Å². The molecule has 0 aromatic heterocycles. The number of unbranched alkanes of at least 4 members (excludes halogenated alkanes) is 2. The van der Waals surface area contributed by atoms with Gasteiger partial charge in [-0.25, -0.2) is 0 Å². The molecule has 0 saturated heterocycles. The van der Waals surface area contributed by atoms with E-state index in [4.69, 9.17) is 0 Å². The van der Waals surface area contributed by atoms with Gasteiger partial charge in [0.05, 0.1) is 0 Å². The SMILES string of the molecule is CCCCCC(=O)C1(C)CCCC1. The number of ketones is 1. The van der Waals surface area contributed by atoms with Crippen LogP contribution in [0.3, 0.4) is 0 Å². The standard InChI is InChI=1S/C12H22O/c1-3-4-5-8-11(13)12(2)9-6-7-10-12/h3-10H2,1-2H3. The number of hydrogen-bond acceptors (Lipinski definition) is 1. The summed E-state index contributed by atoms with van der Waals surface area (Å²) in [7, 11) is 0. The molecule has 1 rings (SSSR count). The average molecular weight is 182 g/mol. The molecule has 1 fully saturated rings. The molecule has 76 valence electrons. The van der Waals surface area contributed by atoms with Crippen molar-refractivity contribution in [2.75, 3.05) is 0 Å². The third-order valence-electron chi connectivity index (χ3n) is 3.39. The van der Waals surface area contributed by atoms with Gasteiger partial charge in [0.2, 0.25) is 0 Å². The first-order valence-corrected chi connectivity index (χ1v) is 5.72. The third-order valence-corrected chi connectivity index (χ3v) is 3.39. The Labute approximate surface area is 81.9 Å². The molecule has 1 nitrogen and oxygen atoms in total. The van der Waals surface area contributed by atoms with Crippen LogP contribution in [0.4, 0.5) is 0 Å². The van der Waals surface area contributed by atoms with Crippen molar-refractivity contribution >= 4 is 5.78 Å². The molecule has 0 atom stereocenters. The van der Waals surface area contributed by atoms with Gasteiger partial charge in [0.15, 0.2) is 0 Å². The van der Waals surface area contributed by atoms with Crippen molar-refractivity contribution in [1.29, 1.82) is 0 Å². The first kappa shape index (κ1) is 10.7. The van der Waals surface area contributed by atoms with Gasteiger partial charge in [-0.05, 0) is 19.3 Å². The lowest BCUT2D eigenvalue weighted by atomic mass is 9.82. The van der Waals surface area contributed by atoms with Crippen LogP contribution in [0.2, 0.25) is 0 Å². The van der Waals surface area contributed by atoms with Crippen LogP contribution in [0.25, 0.3) is 0 Å². The van der Waals surface area contributed by atoms with Crippen LogP contribution >= 0.6 is 0 Å². The Morgan fingerprint density at radius 3 is 2.38 bits per heavy atom. The number of Topliss-reactive ketones (excluding diaryl/α,β-unsaturated/α-hetero) is 1. The van der Waals surface area contributed by atoms with Gasteiger partial charge in [0.25, 0.3) is 0 Å². The predicted molar refractivity (Wildman–Crippen MR) is 55.7 cm³/mol. The summed E-state index contributed by atoms with van der Waals surface area (Å²) < 4.78 is 0. The highest BCUT2D eigenvalue weighted by Crippen LogP contribution is 2.39. The van der Waals surface area contributed by atoms with Gasteiger partial charge >= 0.3 is 0 Å². The van der Waals surface area contributed by atoms with E-state index in [9.17, 15) is 4.79 Å². The van der Waals surface area contributed by atoms with Crippen molar-refractivity contribution in [3.05, 3.63) is 0 Å². The summed E-state index contributed by atoms with van der Waals surface area (Å²) in [4.78, 5) is 11.8. The Hall–Kier alpha value is -0.330. The maximum Gasteiger partial charge on any atom is 0.138 e. The molecule has 13 heavy (non-hydrogen) atoms. The normalized spacial score (nSPS) is 20.5. The maximum atomic E-state index is 11.8. The summed E-state index contributed by atoms with van der Waals surface area (Å²) in [5.41, 5.74) is 0.0632. The van der Waals surface area contributed by atoms with Crippen LogP contribution in [0.15, 0.2) is 0 Å². The Morgan fingerprint density at radius 1 is 1.23 bits per heavy atom. The molecule has 0 aliphatic heterocycles. The first-order valence-electron chi connectivity index (χ1n) is 5.72. The Bertz CT molecular complexity index is 166. The van der Waals surface area contributed by atoms with E-state index in [2.05, 4.69) is 13.8 Å². The molecule has 0 heterocycles. The molecule has 0 amide bonds. The molecule has 0 N–H and O–H groups in total. The van der Waals surface area contributed by atoms with E-state index in [1.807, 2.05) is 0 Å². The smallest absolute Gasteiger partial charge is 0.138 e. The lowest BCUT2D eigenvalue weighted by Gasteiger charge is -2.21. The van der Waals surface area contributed by atoms with Crippen molar-refractivity contribution in [2.24, 2.45) is 5.41 Å². The summed E-state index contributed by atoms with van der Waals surface area (Å²) in [5.74, 6) is 0.526. The fraction of sp³-hybridized carbons (Fsp3) is 0.917. The summed E-state index contributed by atoms with van der Waals surface area (Å²) in [5, 5.41) is 0. The summed E-state index contributed by atoms with van der Waals surface area (Å²) >= 11 is 0. The topological polar surface area (TPSA) is 17.1 Å².